The highest BCUT2D eigenvalue weighted by atomic mass is 35.5. The SMILES string of the molecule is COCC(CO)Nc1c(Cl)cnn(CC2CC2)c1=O. The number of hydrogen-bond donors (Lipinski definition) is 2. The lowest BCUT2D eigenvalue weighted by atomic mass is 10.3. The van der Waals surface area contributed by atoms with Gasteiger partial charge in [0.25, 0.3) is 5.56 Å². The van der Waals surface area contributed by atoms with E-state index in [1.807, 2.05) is 0 Å². The smallest absolute Gasteiger partial charge is 0.291 e. The molecule has 1 aromatic rings. The monoisotopic (exact) mass is 287 g/mol. The Kier molecular flexibility index (Phi) is 4.79. The second-order valence-electron chi connectivity index (χ2n) is 4.78. The Morgan fingerprint density at radius 3 is 3.00 bits per heavy atom. The number of ether oxygens (including phenoxy) is 1. The van der Waals surface area contributed by atoms with Crippen LogP contribution in [0.3, 0.4) is 0 Å². The highest BCUT2D eigenvalue weighted by Gasteiger charge is 2.24. The number of methoxy groups -OCH3 is 1. The van der Waals surface area contributed by atoms with Gasteiger partial charge in [0.2, 0.25) is 0 Å². The molecule has 0 aliphatic heterocycles. The molecule has 0 amide bonds. The Hall–Kier alpha value is -1.11. The van der Waals surface area contributed by atoms with Crippen LogP contribution < -0.4 is 10.9 Å². The number of anilines is 1. The molecular formula is C12H18ClN3O3. The van der Waals surface area contributed by atoms with Crippen molar-refractivity contribution in [3.05, 3.63) is 21.6 Å². The van der Waals surface area contributed by atoms with Crippen molar-refractivity contribution in [1.82, 2.24) is 9.78 Å². The number of aliphatic hydroxyl groups is 1. The Morgan fingerprint density at radius 2 is 2.42 bits per heavy atom. The first-order valence-corrected chi connectivity index (χ1v) is 6.65. The molecule has 1 heterocycles. The largest absolute Gasteiger partial charge is 0.394 e. The summed E-state index contributed by atoms with van der Waals surface area (Å²) >= 11 is 5.99. The van der Waals surface area contributed by atoms with Crippen LogP contribution in [0.5, 0.6) is 0 Å². The predicted molar refractivity (Wildman–Crippen MR) is 72.6 cm³/mol. The molecule has 1 atom stereocenters. The molecule has 19 heavy (non-hydrogen) atoms. The van der Waals surface area contributed by atoms with Crippen LogP contribution in [-0.4, -0.2) is 41.3 Å². The number of halogens is 1. The van der Waals surface area contributed by atoms with Gasteiger partial charge in [-0.3, -0.25) is 4.79 Å². The maximum Gasteiger partial charge on any atom is 0.291 e. The zero-order valence-corrected chi connectivity index (χ0v) is 11.6. The van der Waals surface area contributed by atoms with Gasteiger partial charge in [0.1, 0.15) is 5.69 Å². The first-order chi connectivity index (χ1) is 9.15. The second kappa shape index (κ2) is 6.36. The van der Waals surface area contributed by atoms with Crippen LogP contribution in [0.15, 0.2) is 11.0 Å². The standard InChI is InChI=1S/C12H18ClN3O3/c1-19-7-9(6-17)15-11-10(13)4-14-16(12(11)18)5-8-2-3-8/h4,8-9,15,17H,2-3,5-7H2,1H3. The normalized spacial score (nSPS) is 16.4. The van der Waals surface area contributed by atoms with E-state index in [2.05, 4.69) is 10.4 Å². The second-order valence-corrected chi connectivity index (χ2v) is 5.18. The van der Waals surface area contributed by atoms with Crippen LogP contribution in [0.4, 0.5) is 5.69 Å². The van der Waals surface area contributed by atoms with E-state index in [4.69, 9.17) is 16.3 Å². The highest BCUT2D eigenvalue weighted by Crippen LogP contribution is 2.30. The fourth-order valence-electron chi connectivity index (χ4n) is 1.82. The van der Waals surface area contributed by atoms with Crippen LogP contribution in [0, 0.1) is 5.92 Å². The molecule has 1 saturated carbocycles. The van der Waals surface area contributed by atoms with E-state index in [1.54, 1.807) is 0 Å². The molecule has 0 aromatic carbocycles. The molecule has 1 aliphatic carbocycles. The topological polar surface area (TPSA) is 76.4 Å². The van der Waals surface area contributed by atoms with Crippen molar-refractivity contribution in [2.75, 3.05) is 25.6 Å². The van der Waals surface area contributed by atoms with Gasteiger partial charge in [-0.05, 0) is 18.8 Å². The average molecular weight is 288 g/mol. The minimum atomic E-state index is -0.369. The molecule has 7 heteroatoms. The maximum absolute atomic E-state index is 12.2. The van der Waals surface area contributed by atoms with Crippen LogP contribution >= 0.6 is 11.6 Å². The third kappa shape index (κ3) is 3.68. The molecule has 1 fully saturated rings. The first-order valence-electron chi connectivity index (χ1n) is 6.27. The quantitative estimate of drug-likeness (QED) is 0.773. The molecule has 0 radical (unpaired) electrons. The van der Waals surface area contributed by atoms with Gasteiger partial charge in [-0.15, -0.1) is 0 Å². The van der Waals surface area contributed by atoms with Crippen molar-refractivity contribution >= 4 is 17.3 Å². The maximum atomic E-state index is 12.2. The lowest BCUT2D eigenvalue weighted by Crippen LogP contribution is -2.34. The van der Waals surface area contributed by atoms with Crippen LogP contribution in [0.1, 0.15) is 12.8 Å². The molecule has 6 nitrogen and oxygen atoms in total. The molecule has 1 aliphatic rings. The Labute approximate surface area is 116 Å². The van der Waals surface area contributed by atoms with Gasteiger partial charge >= 0.3 is 0 Å². The third-order valence-corrected chi connectivity index (χ3v) is 3.35. The van der Waals surface area contributed by atoms with E-state index in [-0.39, 0.29) is 35.5 Å². The minimum Gasteiger partial charge on any atom is -0.394 e. The summed E-state index contributed by atoms with van der Waals surface area (Å²) in [4.78, 5) is 12.2. The Balaban J connectivity index is 2.19. The Bertz CT molecular complexity index is 488. The summed E-state index contributed by atoms with van der Waals surface area (Å²) in [6.07, 6.45) is 3.74. The molecule has 1 unspecified atom stereocenters. The first kappa shape index (κ1) is 14.3. The number of hydrogen-bond acceptors (Lipinski definition) is 5. The van der Waals surface area contributed by atoms with E-state index >= 15 is 0 Å². The Morgan fingerprint density at radius 1 is 1.68 bits per heavy atom. The number of rotatable bonds is 7. The van der Waals surface area contributed by atoms with Crippen molar-refractivity contribution < 1.29 is 9.84 Å². The molecule has 106 valence electrons. The molecular weight excluding hydrogens is 270 g/mol. The fourth-order valence-corrected chi connectivity index (χ4v) is 2.00. The van der Waals surface area contributed by atoms with Crippen molar-refractivity contribution in [2.45, 2.75) is 25.4 Å². The molecule has 2 rings (SSSR count). The summed E-state index contributed by atoms with van der Waals surface area (Å²) in [7, 11) is 1.53. The van der Waals surface area contributed by atoms with Gasteiger partial charge in [0.15, 0.2) is 0 Å². The van der Waals surface area contributed by atoms with Gasteiger partial charge in [-0.2, -0.15) is 5.10 Å². The number of aliphatic hydroxyl groups excluding tert-OH is 1. The van der Waals surface area contributed by atoms with Crippen molar-refractivity contribution in [3.8, 4) is 0 Å². The summed E-state index contributed by atoms with van der Waals surface area (Å²) in [6.45, 7) is 0.768. The predicted octanol–water partition coefficient (Wildman–Crippen LogP) is 0.726. The third-order valence-electron chi connectivity index (χ3n) is 3.06. The van der Waals surface area contributed by atoms with Gasteiger partial charge < -0.3 is 15.2 Å². The lowest BCUT2D eigenvalue weighted by Gasteiger charge is -2.17. The van der Waals surface area contributed by atoms with E-state index in [9.17, 15) is 9.90 Å². The summed E-state index contributed by atoms with van der Waals surface area (Å²) in [6, 6.07) is -0.369. The van der Waals surface area contributed by atoms with Crippen molar-refractivity contribution in [2.24, 2.45) is 5.92 Å². The molecule has 2 N–H and O–H groups in total. The van der Waals surface area contributed by atoms with Gasteiger partial charge in [-0.25, -0.2) is 4.68 Å². The molecule has 0 spiro atoms. The van der Waals surface area contributed by atoms with E-state index in [0.29, 0.717) is 12.5 Å². The highest BCUT2D eigenvalue weighted by molar-refractivity contribution is 6.33. The summed E-state index contributed by atoms with van der Waals surface area (Å²) in [5.41, 5.74) is 0.0161. The fraction of sp³-hybridized carbons (Fsp3) is 0.667. The van der Waals surface area contributed by atoms with Crippen molar-refractivity contribution in [1.29, 1.82) is 0 Å². The number of nitrogens with one attached hydrogen (secondary N) is 1. The molecule has 1 aromatic heterocycles. The minimum absolute atomic E-state index is 0.144. The van der Waals surface area contributed by atoms with Gasteiger partial charge in [-0.1, -0.05) is 11.6 Å². The lowest BCUT2D eigenvalue weighted by molar-refractivity contribution is 0.153. The molecule has 0 saturated heterocycles. The number of nitrogens with zero attached hydrogens (tertiary/aromatic N) is 2. The van der Waals surface area contributed by atoms with Gasteiger partial charge in [0.05, 0.1) is 30.5 Å². The van der Waals surface area contributed by atoms with Gasteiger partial charge in [0, 0.05) is 13.7 Å². The summed E-state index contributed by atoms with van der Waals surface area (Å²) in [5.74, 6) is 0.548. The summed E-state index contributed by atoms with van der Waals surface area (Å²) in [5, 5.41) is 16.4. The van der Waals surface area contributed by atoms with E-state index < -0.39 is 0 Å². The van der Waals surface area contributed by atoms with Crippen molar-refractivity contribution in [3.63, 3.8) is 0 Å². The van der Waals surface area contributed by atoms with E-state index in [0.717, 1.165) is 12.8 Å². The van der Waals surface area contributed by atoms with Crippen LogP contribution in [0.25, 0.3) is 0 Å². The zero-order valence-electron chi connectivity index (χ0n) is 10.8. The van der Waals surface area contributed by atoms with Crippen LogP contribution in [0.2, 0.25) is 5.02 Å². The summed E-state index contributed by atoms with van der Waals surface area (Å²) < 4.78 is 6.39. The average Bonchev–Trinajstić information content (AvgIpc) is 3.20. The van der Waals surface area contributed by atoms with E-state index in [1.165, 1.54) is 18.0 Å². The number of aromatic nitrogens is 2. The van der Waals surface area contributed by atoms with Crippen LogP contribution in [-0.2, 0) is 11.3 Å². The molecule has 0 bridgehead atoms. The zero-order chi connectivity index (χ0) is 13.8.